The van der Waals surface area contributed by atoms with Crippen LogP contribution in [-0.4, -0.2) is 101 Å². The lowest BCUT2D eigenvalue weighted by Crippen LogP contribution is -2.35. The topological polar surface area (TPSA) is 182 Å². The number of allylic oxidation sites excluding steroid dienone is 14. The van der Waals surface area contributed by atoms with Gasteiger partial charge < -0.3 is 46.0 Å². The fraction of sp³-hybridized carbons (Fsp3) is 0.825. The Hall–Kier alpha value is -2.70. The van der Waals surface area contributed by atoms with E-state index in [1.807, 2.05) is 0 Å². The van der Waals surface area contributed by atoms with Crippen molar-refractivity contribution in [2.24, 2.45) is 130 Å². The van der Waals surface area contributed by atoms with E-state index in [1.54, 1.807) is 0 Å². The predicted molar refractivity (Wildman–Crippen MR) is 486 cm³/mol. The number of aliphatic hydroxyl groups excluding tert-OH is 9. The number of hydrogen-bond acceptors (Lipinski definition) is 9. The first-order valence-corrected chi connectivity index (χ1v) is 46.0. The zero-order valence-electron chi connectivity index (χ0n) is 78.9. The van der Waals surface area contributed by atoms with Crippen molar-refractivity contribution in [3.8, 4) is 0 Å². The molecule has 9 aliphatic rings. The monoisotopic (exact) mass is 1570 g/mol. The largest absolute Gasteiger partial charge is 0.393 e. The van der Waals surface area contributed by atoms with Gasteiger partial charge in [-0.2, -0.15) is 0 Å². The van der Waals surface area contributed by atoms with Crippen LogP contribution < -0.4 is 0 Å². The molecule has 9 nitrogen and oxygen atoms in total. The van der Waals surface area contributed by atoms with Gasteiger partial charge in [0.15, 0.2) is 0 Å². The molecule has 0 spiro atoms. The molecular formula is C103H188O9. The fourth-order valence-corrected chi connectivity index (χ4v) is 19.5. The lowest BCUT2D eigenvalue weighted by atomic mass is 9.72. The zero-order valence-corrected chi connectivity index (χ0v) is 78.9. The molecule has 31 unspecified atom stereocenters. The summed E-state index contributed by atoms with van der Waals surface area (Å²) in [5.74, 6) is 13.2. The van der Waals surface area contributed by atoms with Gasteiger partial charge in [-0.1, -0.05) is 195 Å². The highest BCUT2D eigenvalue weighted by Crippen LogP contribution is 2.41. The summed E-state index contributed by atoms with van der Waals surface area (Å²) in [4.78, 5) is 0. The molecule has 9 rings (SSSR count). The summed E-state index contributed by atoms with van der Waals surface area (Å²) in [5.41, 5.74) is 12.2. The minimum atomic E-state index is -0.126. The molecule has 9 aliphatic carbocycles. The van der Waals surface area contributed by atoms with Crippen LogP contribution in [0.1, 0.15) is 362 Å². The Labute approximate surface area is 694 Å². The first-order chi connectivity index (χ1) is 52.0. The van der Waals surface area contributed by atoms with Crippen LogP contribution in [0.2, 0.25) is 0 Å². The van der Waals surface area contributed by atoms with E-state index < -0.39 is 0 Å². The summed E-state index contributed by atoms with van der Waals surface area (Å²) in [6, 6.07) is 0. The molecule has 0 aromatic carbocycles. The van der Waals surface area contributed by atoms with E-state index in [2.05, 4.69) is 269 Å². The smallest absolute Gasteiger partial charge is 0.0630 e. The van der Waals surface area contributed by atoms with Gasteiger partial charge in [-0.05, 0) is 379 Å². The highest BCUT2D eigenvalue weighted by molar-refractivity contribution is 5.09. The standard InChI is InChI=1S/4C12H22O.5C11H20O/c1-8(2)5-11-6-9(3)10(4)7-12(11)13;1-8(2)5-11-10(4)6-9(3)7-12(11)13;1-8(2)7-11-10(4)9(3)5-6-12(11)13;1-8(2)7-11-9(3)5-6-10(4)12(11)13;1-8(2)4-10-5-9(3)6-11(12)7-10;1-8(2)6-10-4-5-11(12)7-9(10)3;1-8(2)6-10-4-5-11(12)9(3)7-10;1-8(2)6-10-7-11(12)5-4-9(10)3;1-8(2)6-10-5-4-9(3)11(12)7-10/h2*5,9-13H,6-7H2,1-4H3;2*7,9-13H,5-6H2,1-4H3;4,9-12H,5-7H2,1-3H3;4*6,9-12H,4-5,7H2,1-3H3. The molecular weight excluding hydrogens is 1380 g/mol. The molecule has 0 radical (unpaired) electrons. The summed E-state index contributed by atoms with van der Waals surface area (Å²) in [6.45, 7) is 67.3. The van der Waals surface area contributed by atoms with Crippen molar-refractivity contribution in [2.75, 3.05) is 0 Å². The molecule has 31 atom stereocenters. The second-order valence-corrected chi connectivity index (χ2v) is 41.4. The summed E-state index contributed by atoms with van der Waals surface area (Å²) < 4.78 is 0. The molecule has 654 valence electrons. The normalized spacial score (nSPS) is 38.0. The van der Waals surface area contributed by atoms with Crippen LogP contribution in [0.25, 0.3) is 0 Å². The molecule has 9 saturated carbocycles. The Balaban J connectivity index is 0.000000630. The summed E-state index contributed by atoms with van der Waals surface area (Å²) in [7, 11) is 0. The van der Waals surface area contributed by atoms with Crippen LogP contribution in [0.5, 0.6) is 0 Å². The predicted octanol–water partition coefficient (Wildman–Crippen LogP) is 25.7. The Bertz CT molecular complexity index is 2690. The van der Waals surface area contributed by atoms with Crippen molar-refractivity contribution in [1.82, 2.24) is 0 Å². The number of hydrogen-bond donors (Lipinski definition) is 9. The fourth-order valence-electron chi connectivity index (χ4n) is 19.5. The van der Waals surface area contributed by atoms with Gasteiger partial charge in [-0.3, -0.25) is 0 Å². The van der Waals surface area contributed by atoms with Gasteiger partial charge >= 0.3 is 0 Å². The number of aliphatic hydroxyl groups is 9. The van der Waals surface area contributed by atoms with E-state index in [4.69, 9.17) is 0 Å². The molecule has 112 heavy (non-hydrogen) atoms. The SMILES string of the molecule is CC(C)=CC1C(C)CC(C)CC1O.CC(C)=CC1C(C)CCC(C)C1O.CC(C)=CC1C(O)CCC(C)C1C.CC(C)=CC1CC(C)C(C)CC1O.CC(C)=CC1CC(C)CC(O)C1.CC(C)=CC1CC(O)CCC1C.CC(C)=CC1CCC(C)C(O)C1.CC(C)=CC1CCC(O)C(C)C1.CC(C)=CC1CCC(O)CC1C. The molecule has 9 fully saturated rings. The van der Waals surface area contributed by atoms with Gasteiger partial charge in [0.2, 0.25) is 0 Å². The van der Waals surface area contributed by atoms with Crippen molar-refractivity contribution >= 4 is 0 Å². The van der Waals surface area contributed by atoms with Crippen molar-refractivity contribution in [1.29, 1.82) is 0 Å². The Morgan fingerprint density at radius 2 is 0.616 bits per heavy atom. The highest BCUT2D eigenvalue weighted by Gasteiger charge is 2.36. The minimum absolute atomic E-state index is 0.0400. The van der Waals surface area contributed by atoms with E-state index in [9.17, 15) is 46.0 Å². The Morgan fingerprint density at radius 3 is 1.12 bits per heavy atom. The Kier molecular flexibility index (Phi) is 53.6. The molecule has 0 saturated heterocycles. The third kappa shape index (κ3) is 45.5. The first-order valence-electron chi connectivity index (χ1n) is 46.0. The second-order valence-electron chi connectivity index (χ2n) is 41.4. The minimum Gasteiger partial charge on any atom is -0.393 e. The average Bonchev–Trinajstić information content (AvgIpc) is 0.842. The van der Waals surface area contributed by atoms with Gasteiger partial charge in [-0.25, -0.2) is 0 Å². The van der Waals surface area contributed by atoms with Gasteiger partial charge in [0, 0.05) is 23.7 Å². The van der Waals surface area contributed by atoms with E-state index >= 15 is 0 Å². The molecule has 0 aromatic heterocycles. The molecule has 0 aromatic rings. The van der Waals surface area contributed by atoms with Gasteiger partial charge in [0.1, 0.15) is 0 Å². The number of rotatable bonds is 9. The van der Waals surface area contributed by atoms with Crippen LogP contribution >= 0.6 is 0 Å². The van der Waals surface area contributed by atoms with Crippen molar-refractivity contribution in [3.05, 3.63) is 105 Å². The average molecular weight is 1570 g/mol. The third-order valence-electron chi connectivity index (χ3n) is 26.5. The lowest BCUT2D eigenvalue weighted by Gasteiger charge is -2.36. The summed E-state index contributed by atoms with van der Waals surface area (Å²) in [6.07, 6.45) is 44.9. The van der Waals surface area contributed by atoms with Crippen LogP contribution in [-0.2, 0) is 0 Å². The Morgan fingerprint density at radius 1 is 0.196 bits per heavy atom. The van der Waals surface area contributed by atoms with Crippen molar-refractivity contribution in [3.63, 3.8) is 0 Å². The van der Waals surface area contributed by atoms with Crippen LogP contribution in [0.3, 0.4) is 0 Å². The van der Waals surface area contributed by atoms with E-state index in [0.29, 0.717) is 112 Å². The molecule has 0 heterocycles. The van der Waals surface area contributed by atoms with Crippen LogP contribution in [0, 0.1) is 130 Å². The van der Waals surface area contributed by atoms with Crippen LogP contribution in [0.15, 0.2) is 105 Å². The highest BCUT2D eigenvalue weighted by atomic mass is 16.3. The first kappa shape index (κ1) is 107. The van der Waals surface area contributed by atoms with Gasteiger partial charge in [0.25, 0.3) is 0 Å². The molecule has 0 bridgehead atoms. The van der Waals surface area contributed by atoms with Gasteiger partial charge in [-0.15, -0.1) is 0 Å². The summed E-state index contributed by atoms with van der Waals surface area (Å²) >= 11 is 0. The molecule has 9 heteroatoms. The van der Waals surface area contributed by atoms with E-state index in [0.717, 1.165) is 114 Å². The maximum atomic E-state index is 10.0. The van der Waals surface area contributed by atoms with Crippen molar-refractivity contribution in [2.45, 2.75) is 417 Å². The van der Waals surface area contributed by atoms with E-state index in [1.165, 1.54) is 102 Å². The van der Waals surface area contributed by atoms with Crippen LogP contribution in [0.4, 0.5) is 0 Å². The van der Waals surface area contributed by atoms with Gasteiger partial charge in [0.05, 0.1) is 54.9 Å². The molecule has 0 aliphatic heterocycles. The summed E-state index contributed by atoms with van der Waals surface area (Å²) in [5, 5.41) is 87.2. The zero-order chi connectivity index (χ0) is 85.7. The maximum absolute atomic E-state index is 10.0. The van der Waals surface area contributed by atoms with Crippen molar-refractivity contribution < 1.29 is 46.0 Å². The maximum Gasteiger partial charge on any atom is 0.0630 e. The quantitative estimate of drug-likeness (QED) is 0.102. The van der Waals surface area contributed by atoms with E-state index in [-0.39, 0.29) is 54.9 Å². The molecule has 9 N–H and O–H groups in total. The second kappa shape index (κ2) is 55.9. The third-order valence-corrected chi connectivity index (χ3v) is 26.5. The molecule has 0 amide bonds. The lowest BCUT2D eigenvalue weighted by molar-refractivity contribution is 0.0189.